The molecule has 3 aromatic rings. The molecule has 0 unspecified atom stereocenters. The van der Waals surface area contributed by atoms with Gasteiger partial charge >= 0.3 is 0 Å². The number of anilines is 1. The molecule has 20 heavy (non-hydrogen) atoms. The number of halogens is 1. The van der Waals surface area contributed by atoms with Gasteiger partial charge in [0, 0.05) is 11.1 Å². The standard InChI is InChI=1S/C16H12FNO2/c1-10-3-2-4-13(7-10)18-16(19)15-9-11-8-12(17)5-6-14(11)20-15/h2-9H,1H3,(H,18,19). The van der Waals surface area contributed by atoms with Crippen LogP contribution in [0.25, 0.3) is 11.0 Å². The Kier molecular flexibility index (Phi) is 2.99. The van der Waals surface area contributed by atoms with Crippen LogP contribution >= 0.6 is 0 Å². The van der Waals surface area contributed by atoms with E-state index in [9.17, 15) is 9.18 Å². The predicted octanol–water partition coefficient (Wildman–Crippen LogP) is 4.13. The fourth-order valence-corrected chi connectivity index (χ4v) is 2.04. The van der Waals surface area contributed by atoms with Crippen molar-refractivity contribution in [1.82, 2.24) is 0 Å². The minimum Gasteiger partial charge on any atom is -0.451 e. The number of rotatable bonds is 2. The van der Waals surface area contributed by atoms with Crippen molar-refractivity contribution in [3.05, 3.63) is 65.7 Å². The molecule has 0 saturated heterocycles. The van der Waals surface area contributed by atoms with E-state index < -0.39 is 0 Å². The summed E-state index contributed by atoms with van der Waals surface area (Å²) in [6, 6.07) is 13.1. The van der Waals surface area contributed by atoms with E-state index in [0.29, 0.717) is 16.7 Å². The summed E-state index contributed by atoms with van der Waals surface area (Å²) in [4.78, 5) is 12.1. The first-order valence-electron chi connectivity index (χ1n) is 6.19. The van der Waals surface area contributed by atoms with E-state index >= 15 is 0 Å². The molecule has 3 rings (SSSR count). The summed E-state index contributed by atoms with van der Waals surface area (Å²) >= 11 is 0. The molecule has 0 fully saturated rings. The van der Waals surface area contributed by atoms with Crippen molar-refractivity contribution in [3.8, 4) is 0 Å². The highest BCUT2D eigenvalue weighted by atomic mass is 19.1. The Morgan fingerprint density at radius 2 is 2.00 bits per heavy atom. The Labute approximate surface area is 115 Å². The lowest BCUT2D eigenvalue weighted by molar-refractivity contribution is 0.0998. The van der Waals surface area contributed by atoms with Crippen LogP contribution in [0, 0.1) is 12.7 Å². The first-order valence-corrected chi connectivity index (χ1v) is 6.19. The molecule has 1 aromatic heterocycles. The third kappa shape index (κ3) is 2.40. The molecule has 1 N–H and O–H groups in total. The van der Waals surface area contributed by atoms with Gasteiger partial charge in [0.2, 0.25) is 0 Å². The first kappa shape index (κ1) is 12.4. The molecule has 0 aliphatic carbocycles. The van der Waals surface area contributed by atoms with Gasteiger partial charge in [-0.05, 0) is 48.9 Å². The molecule has 4 heteroatoms. The van der Waals surface area contributed by atoms with Crippen LogP contribution in [0.15, 0.2) is 52.9 Å². The van der Waals surface area contributed by atoms with Gasteiger partial charge in [-0.1, -0.05) is 12.1 Å². The smallest absolute Gasteiger partial charge is 0.291 e. The number of hydrogen-bond acceptors (Lipinski definition) is 2. The van der Waals surface area contributed by atoms with E-state index in [-0.39, 0.29) is 17.5 Å². The molecule has 0 bridgehead atoms. The molecule has 0 aliphatic rings. The maximum Gasteiger partial charge on any atom is 0.291 e. The zero-order chi connectivity index (χ0) is 14.1. The molecule has 0 saturated carbocycles. The van der Waals surface area contributed by atoms with Crippen LogP contribution in [-0.2, 0) is 0 Å². The summed E-state index contributed by atoms with van der Waals surface area (Å²) in [5, 5.41) is 3.32. The highest BCUT2D eigenvalue weighted by Crippen LogP contribution is 2.21. The van der Waals surface area contributed by atoms with Crippen molar-refractivity contribution >= 4 is 22.6 Å². The predicted molar refractivity (Wildman–Crippen MR) is 75.3 cm³/mol. The van der Waals surface area contributed by atoms with Gasteiger partial charge in [-0.15, -0.1) is 0 Å². The van der Waals surface area contributed by atoms with Crippen molar-refractivity contribution in [2.75, 3.05) is 5.32 Å². The zero-order valence-electron chi connectivity index (χ0n) is 10.8. The van der Waals surface area contributed by atoms with Crippen LogP contribution in [0.4, 0.5) is 10.1 Å². The van der Waals surface area contributed by atoms with Gasteiger partial charge in [-0.3, -0.25) is 4.79 Å². The molecule has 1 heterocycles. The first-order chi connectivity index (χ1) is 9.61. The Hall–Kier alpha value is -2.62. The highest BCUT2D eigenvalue weighted by molar-refractivity contribution is 6.04. The van der Waals surface area contributed by atoms with Crippen molar-refractivity contribution in [2.24, 2.45) is 0 Å². The van der Waals surface area contributed by atoms with Gasteiger partial charge in [-0.25, -0.2) is 4.39 Å². The third-order valence-electron chi connectivity index (χ3n) is 2.98. The van der Waals surface area contributed by atoms with Crippen LogP contribution < -0.4 is 5.32 Å². The number of carbonyl (C=O) groups is 1. The zero-order valence-corrected chi connectivity index (χ0v) is 10.8. The topological polar surface area (TPSA) is 42.2 Å². The quantitative estimate of drug-likeness (QED) is 0.760. The lowest BCUT2D eigenvalue weighted by atomic mass is 10.2. The minimum absolute atomic E-state index is 0.159. The van der Waals surface area contributed by atoms with Crippen molar-refractivity contribution < 1.29 is 13.6 Å². The summed E-state index contributed by atoms with van der Waals surface area (Å²) in [6.45, 7) is 1.94. The summed E-state index contributed by atoms with van der Waals surface area (Å²) in [6.07, 6.45) is 0. The normalized spacial score (nSPS) is 10.7. The average Bonchev–Trinajstić information content (AvgIpc) is 2.81. The number of furan rings is 1. The summed E-state index contributed by atoms with van der Waals surface area (Å²) < 4.78 is 18.5. The Morgan fingerprint density at radius 3 is 2.80 bits per heavy atom. The second-order valence-electron chi connectivity index (χ2n) is 4.62. The minimum atomic E-state index is -0.357. The largest absolute Gasteiger partial charge is 0.451 e. The second-order valence-corrected chi connectivity index (χ2v) is 4.62. The van der Waals surface area contributed by atoms with E-state index in [1.54, 1.807) is 6.07 Å². The van der Waals surface area contributed by atoms with E-state index in [2.05, 4.69) is 5.32 Å². The molecular formula is C16H12FNO2. The highest BCUT2D eigenvalue weighted by Gasteiger charge is 2.12. The third-order valence-corrected chi connectivity index (χ3v) is 2.98. The number of benzene rings is 2. The number of carbonyl (C=O) groups excluding carboxylic acids is 1. The molecule has 0 radical (unpaired) electrons. The SMILES string of the molecule is Cc1cccc(NC(=O)c2cc3cc(F)ccc3o2)c1. The van der Waals surface area contributed by atoms with E-state index in [0.717, 1.165) is 5.56 Å². The monoisotopic (exact) mass is 269 g/mol. The molecule has 100 valence electrons. The van der Waals surface area contributed by atoms with Gasteiger partial charge in [0.15, 0.2) is 5.76 Å². The molecule has 0 spiro atoms. The van der Waals surface area contributed by atoms with Crippen molar-refractivity contribution in [1.29, 1.82) is 0 Å². The fraction of sp³-hybridized carbons (Fsp3) is 0.0625. The fourth-order valence-electron chi connectivity index (χ4n) is 2.04. The summed E-state index contributed by atoms with van der Waals surface area (Å²) in [7, 11) is 0. The molecule has 1 amide bonds. The lowest BCUT2D eigenvalue weighted by Crippen LogP contribution is -2.10. The lowest BCUT2D eigenvalue weighted by Gasteiger charge is -2.03. The van der Waals surface area contributed by atoms with Gasteiger partial charge in [0.05, 0.1) is 0 Å². The number of amides is 1. The van der Waals surface area contributed by atoms with Gasteiger partial charge in [0.25, 0.3) is 5.91 Å². The molecule has 0 aliphatic heterocycles. The molecular weight excluding hydrogens is 257 g/mol. The summed E-state index contributed by atoms with van der Waals surface area (Å²) in [5.74, 6) is -0.553. The maximum atomic E-state index is 13.1. The van der Waals surface area contributed by atoms with Crippen molar-refractivity contribution in [2.45, 2.75) is 6.92 Å². The average molecular weight is 269 g/mol. The van der Waals surface area contributed by atoms with Crippen LogP contribution in [0.1, 0.15) is 16.1 Å². The van der Waals surface area contributed by atoms with Gasteiger partial charge in [0.1, 0.15) is 11.4 Å². The van der Waals surface area contributed by atoms with Crippen LogP contribution in [0.2, 0.25) is 0 Å². The Balaban J connectivity index is 1.88. The van der Waals surface area contributed by atoms with Crippen LogP contribution in [-0.4, -0.2) is 5.91 Å². The van der Waals surface area contributed by atoms with E-state index in [4.69, 9.17) is 4.42 Å². The molecule has 3 nitrogen and oxygen atoms in total. The van der Waals surface area contributed by atoms with Crippen LogP contribution in [0.3, 0.4) is 0 Å². The van der Waals surface area contributed by atoms with Gasteiger partial charge in [-0.2, -0.15) is 0 Å². The second kappa shape index (κ2) is 4.81. The van der Waals surface area contributed by atoms with Crippen LogP contribution in [0.5, 0.6) is 0 Å². The molecule has 0 atom stereocenters. The summed E-state index contributed by atoms with van der Waals surface area (Å²) in [5.41, 5.74) is 2.23. The van der Waals surface area contributed by atoms with Crippen molar-refractivity contribution in [3.63, 3.8) is 0 Å². The van der Waals surface area contributed by atoms with E-state index in [1.807, 2.05) is 25.1 Å². The number of fused-ring (bicyclic) bond motifs is 1. The van der Waals surface area contributed by atoms with E-state index in [1.165, 1.54) is 24.3 Å². The number of hydrogen-bond donors (Lipinski definition) is 1. The number of nitrogens with one attached hydrogen (secondary N) is 1. The number of aryl methyl sites for hydroxylation is 1. The maximum absolute atomic E-state index is 13.1. The van der Waals surface area contributed by atoms with Gasteiger partial charge < -0.3 is 9.73 Å². The molecule has 2 aromatic carbocycles. The Morgan fingerprint density at radius 1 is 1.15 bits per heavy atom. The Bertz CT molecular complexity index is 792.